The lowest BCUT2D eigenvalue weighted by Crippen LogP contribution is -2.08. The molecule has 1 heterocycles. The van der Waals surface area contributed by atoms with Gasteiger partial charge in [0.15, 0.2) is 5.82 Å². The number of carboxylic acid groups (broad SMARTS) is 1. The number of benzene rings is 2. The molecule has 0 radical (unpaired) electrons. The molecule has 7 heteroatoms. The standard InChI is InChI=1S/C14H9FN4O2/c15-10-6-7-12(11(8-10)14(20)21)19-13(16-17-18-19)9-4-2-1-3-5-9/h1-8H,(H,20,21). The number of carbonyl (C=O) groups is 1. The third-order valence-corrected chi connectivity index (χ3v) is 2.92. The lowest BCUT2D eigenvalue weighted by molar-refractivity contribution is 0.0696. The van der Waals surface area contributed by atoms with Gasteiger partial charge in [0.1, 0.15) is 5.82 Å². The van der Waals surface area contributed by atoms with E-state index in [4.69, 9.17) is 0 Å². The maximum absolute atomic E-state index is 13.2. The van der Waals surface area contributed by atoms with Crippen molar-refractivity contribution >= 4 is 5.97 Å². The van der Waals surface area contributed by atoms with E-state index in [1.165, 1.54) is 10.7 Å². The van der Waals surface area contributed by atoms with Crippen LogP contribution in [-0.4, -0.2) is 31.3 Å². The van der Waals surface area contributed by atoms with Gasteiger partial charge in [0, 0.05) is 5.56 Å². The summed E-state index contributed by atoms with van der Waals surface area (Å²) >= 11 is 0. The highest BCUT2D eigenvalue weighted by Crippen LogP contribution is 2.22. The van der Waals surface area contributed by atoms with E-state index in [1.807, 2.05) is 18.2 Å². The first-order valence-corrected chi connectivity index (χ1v) is 6.04. The van der Waals surface area contributed by atoms with Crippen LogP contribution in [0.1, 0.15) is 10.4 Å². The summed E-state index contributed by atoms with van der Waals surface area (Å²) in [6, 6.07) is 12.5. The minimum absolute atomic E-state index is 0.202. The Morgan fingerprint density at radius 1 is 1.14 bits per heavy atom. The zero-order valence-electron chi connectivity index (χ0n) is 10.6. The fourth-order valence-electron chi connectivity index (χ4n) is 1.98. The van der Waals surface area contributed by atoms with Crippen molar-refractivity contribution in [3.63, 3.8) is 0 Å². The SMILES string of the molecule is O=C(O)c1cc(F)ccc1-n1nnnc1-c1ccccc1. The molecule has 104 valence electrons. The lowest BCUT2D eigenvalue weighted by atomic mass is 10.1. The molecular formula is C14H9FN4O2. The van der Waals surface area contributed by atoms with E-state index in [-0.39, 0.29) is 11.3 Å². The largest absolute Gasteiger partial charge is 0.478 e. The van der Waals surface area contributed by atoms with E-state index in [2.05, 4.69) is 15.5 Å². The van der Waals surface area contributed by atoms with Gasteiger partial charge in [-0.2, -0.15) is 4.68 Å². The quantitative estimate of drug-likeness (QED) is 0.797. The van der Waals surface area contributed by atoms with Crippen molar-refractivity contribution in [1.29, 1.82) is 0 Å². The molecule has 3 aromatic rings. The van der Waals surface area contributed by atoms with Gasteiger partial charge >= 0.3 is 5.97 Å². The molecule has 1 aromatic heterocycles. The van der Waals surface area contributed by atoms with E-state index >= 15 is 0 Å². The molecule has 0 aliphatic heterocycles. The fourth-order valence-corrected chi connectivity index (χ4v) is 1.98. The normalized spacial score (nSPS) is 10.5. The van der Waals surface area contributed by atoms with Crippen LogP contribution >= 0.6 is 0 Å². The molecular weight excluding hydrogens is 275 g/mol. The molecule has 0 saturated heterocycles. The van der Waals surface area contributed by atoms with Gasteiger partial charge in [-0.25, -0.2) is 9.18 Å². The molecule has 0 unspecified atom stereocenters. The highest BCUT2D eigenvalue weighted by atomic mass is 19.1. The number of halogens is 1. The Balaban J connectivity index is 2.20. The first kappa shape index (κ1) is 12.9. The summed E-state index contributed by atoms with van der Waals surface area (Å²) in [6.45, 7) is 0. The second kappa shape index (κ2) is 5.12. The average Bonchev–Trinajstić information content (AvgIpc) is 2.97. The van der Waals surface area contributed by atoms with E-state index in [9.17, 15) is 14.3 Å². The van der Waals surface area contributed by atoms with Gasteiger partial charge in [-0.3, -0.25) is 0 Å². The zero-order chi connectivity index (χ0) is 14.8. The molecule has 0 aliphatic carbocycles. The molecule has 3 rings (SSSR count). The minimum atomic E-state index is -1.25. The van der Waals surface area contributed by atoms with Crippen LogP contribution in [0, 0.1) is 5.82 Å². The zero-order valence-corrected chi connectivity index (χ0v) is 10.6. The number of aromatic nitrogens is 4. The summed E-state index contributed by atoms with van der Waals surface area (Å²) in [5.41, 5.74) is 0.718. The first-order valence-electron chi connectivity index (χ1n) is 6.04. The van der Waals surface area contributed by atoms with Crippen molar-refractivity contribution in [2.45, 2.75) is 0 Å². The molecule has 1 N–H and O–H groups in total. The van der Waals surface area contributed by atoms with Crippen LogP contribution in [0.15, 0.2) is 48.5 Å². The van der Waals surface area contributed by atoms with Crippen LogP contribution in [0.25, 0.3) is 17.1 Å². The molecule has 2 aromatic carbocycles. The third-order valence-electron chi connectivity index (χ3n) is 2.92. The number of hydrogen-bond acceptors (Lipinski definition) is 4. The van der Waals surface area contributed by atoms with Gasteiger partial charge in [0.25, 0.3) is 0 Å². The minimum Gasteiger partial charge on any atom is -0.478 e. The summed E-state index contributed by atoms with van der Waals surface area (Å²) in [5, 5.41) is 20.5. The molecule has 0 aliphatic rings. The Labute approximate surface area is 118 Å². The third kappa shape index (κ3) is 2.36. The maximum atomic E-state index is 13.2. The Morgan fingerprint density at radius 2 is 1.90 bits per heavy atom. The summed E-state index contributed by atoms with van der Waals surface area (Å²) < 4.78 is 14.5. The van der Waals surface area contributed by atoms with Crippen LogP contribution in [0.4, 0.5) is 4.39 Å². The molecule has 0 amide bonds. The van der Waals surface area contributed by atoms with Gasteiger partial charge < -0.3 is 5.11 Å². The van der Waals surface area contributed by atoms with Crippen LogP contribution in [0.2, 0.25) is 0 Å². The fraction of sp³-hybridized carbons (Fsp3) is 0. The summed E-state index contributed by atoms with van der Waals surface area (Å²) in [4.78, 5) is 11.3. The van der Waals surface area contributed by atoms with Gasteiger partial charge in [0.05, 0.1) is 11.3 Å². The van der Waals surface area contributed by atoms with Crippen LogP contribution < -0.4 is 0 Å². The highest BCUT2D eigenvalue weighted by molar-refractivity contribution is 5.92. The molecule has 0 saturated carbocycles. The van der Waals surface area contributed by atoms with Crippen molar-refractivity contribution in [3.05, 3.63) is 59.9 Å². The molecule has 21 heavy (non-hydrogen) atoms. The number of tetrazole rings is 1. The van der Waals surface area contributed by atoms with Gasteiger partial charge in [0.2, 0.25) is 0 Å². The number of carboxylic acids is 1. The number of hydrogen-bond donors (Lipinski definition) is 1. The smallest absolute Gasteiger partial charge is 0.338 e. The van der Waals surface area contributed by atoms with Crippen LogP contribution in [0.5, 0.6) is 0 Å². The van der Waals surface area contributed by atoms with Crippen molar-refractivity contribution in [3.8, 4) is 17.1 Å². The van der Waals surface area contributed by atoms with Crippen molar-refractivity contribution in [2.24, 2.45) is 0 Å². The summed E-state index contributed by atoms with van der Waals surface area (Å²) in [7, 11) is 0. The van der Waals surface area contributed by atoms with E-state index < -0.39 is 11.8 Å². The predicted molar refractivity (Wildman–Crippen MR) is 71.5 cm³/mol. The number of aromatic carboxylic acids is 1. The lowest BCUT2D eigenvalue weighted by Gasteiger charge is -2.08. The Hall–Kier alpha value is -3.09. The first-order chi connectivity index (χ1) is 10.2. The highest BCUT2D eigenvalue weighted by Gasteiger charge is 2.18. The van der Waals surface area contributed by atoms with Crippen molar-refractivity contribution in [1.82, 2.24) is 20.2 Å². The van der Waals surface area contributed by atoms with E-state index in [1.54, 1.807) is 12.1 Å². The topological polar surface area (TPSA) is 80.9 Å². The van der Waals surface area contributed by atoms with Gasteiger partial charge in [-0.1, -0.05) is 30.3 Å². The number of rotatable bonds is 3. The average molecular weight is 284 g/mol. The number of nitrogens with zero attached hydrogens (tertiary/aromatic N) is 4. The summed E-state index contributed by atoms with van der Waals surface area (Å²) in [6.07, 6.45) is 0. The van der Waals surface area contributed by atoms with E-state index in [0.717, 1.165) is 17.7 Å². The Bertz CT molecular complexity index is 802. The van der Waals surface area contributed by atoms with Crippen LogP contribution in [-0.2, 0) is 0 Å². The Morgan fingerprint density at radius 3 is 2.62 bits per heavy atom. The Kier molecular flexibility index (Phi) is 3.15. The molecule has 0 fully saturated rings. The van der Waals surface area contributed by atoms with Gasteiger partial charge in [-0.05, 0) is 28.6 Å². The van der Waals surface area contributed by atoms with E-state index in [0.29, 0.717) is 5.82 Å². The summed E-state index contributed by atoms with van der Waals surface area (Å²) in [5.74, 6) is -1.51. The van der Waals surface area contributed by atoms with Crippen LogP contribution in [0.3, 0.4) is 0 Å². The molecule has 0 bridgehead atoms. The molecule has 0 spiro atoms. The second-order valence-corrected chi connectivity index (χ2v) is 4.25. The second-order valence-electron chi connectivity index (χ2n) is 4.25. The van der Waals surface area contributed by atoms with Crippen molar-refractivity contribution < 1.29 is 14.3 Å². The monoisotopic (exact) mass is 284 g/mol. The molecule has 6 nitrogen and oxygen atoms in total. The predicted octanol–water partition coefficient (Wildman–Crippen LogP) is 2.17. The molecule has 0 atom stereocenters. The van der Waals surface area contributed by atoms with Crippen molar-refractivity contribution in [2.75, 3.05) is 0 Å². The maximum Gasteiger partial charge on any atom is 0.338 e. The van der Waals surface area contributed by atoms with Gasteiger partial charge in [-0.15, -0.1) is 5.10 Å².